The SMILES string of the molecule is C[C@H]1OCCN[C@@H]1C(=O)NCC1(N(C)C)CCOCC1. The third-order valence-electron chi connectivity index (χ3n) is 4.56. The number of carbonyl (C=O) groups excluding carboxylic acids is 1. The Labute approximate surface area is 121 Å². The minimum Gasteiger partial charge on any atom is -0.381 e. The van der Waals surface area contributed by atoms with Crippen molar-refractivity contribution in [3.63, 3.8) is 0 Å². The Kier molecular flexibility index (Phi) is 5.37. The molecule has 2 aliphatic rings. The van der Waals surface area contributed by atoms with Crippen molar-refractivity contribution in [1.29, 1.82) is 0 Å². The Balaban J connectivity index is 1.90. The van der Waals surface area contributed by atoms with Crippen molar-refractivity contribution in [2.24, 2.45) is 0 Å². The molecule has 6 heteroatoms. The third-order valence-corrected chi connectivity index (χ3v) is 4.56. The first-order valence-electron chi connectivity index (χ1n) is 7.43. The lowest BCUT2D eigenvalue weighted by atomic mass is 9.88. The summed E-state index contributed by atoms with van der Waals surface area (Å²) in [7, 11) is 4.14. The van der Waals surface area contributed by atoms with E-state index < -0.39 is 0 Å². The summed E-state index contributed by atoms with van der Waals surface area (Å²) in [6.07, 6.45) is 1.82. The second-order valence-corrected chi connectivity index (χ2v) is 5.96. The highest BCUT2D eigenvalue weighted by Gasteiger charge is 2.36. The lowest BCUT2D eigenvalue weighted by molar-refractivity contribution is -0.130. The lowest BCUT2D eigenvalue weighted by Gasteiger charge is -2.43. The maximum absolute atomic E-state index is 12.3. The maximum Gasteiger partial charge on any atom is 0.239 e. The first-order valence-corrected chi connectivity index (χ1v) is 7.43. The molecule has 2 atom stereocenters. The van der Waals surface area contributed by atoms with Gasteiger partial charge in [0.1, 0.15) is 6.04 Å². The van der Waals surface area contributed by atoms with E-state index in [4.69, 9.17) is 9.47 Å². The summed E-state index contributed by atoms with van der Waals surface area (Å²) >= 11 is 0. The summed E-state index contributed by atoms with van der Waals surface area (Å²) in [4.78, 5) is 14.5. The van der Waals surface area contributed by atoms with E-state index >= 15 is 0 Å². The molecule has 116 valence electrons. The fraction of sp³-hybridized carbons (Fsp3) is 0.929. The first kappa shape index (κ1) is 15.7. The van der Waals surface area contributed by atoms with Crippen LogP contribution in [-0.2, 0) is 14.3 Å². The van der Waals surface area contributed by atoms with E-state index in [1.165, 1.54) is 0 Å². The van der Waals surface area contributed by atoms with Crippen molar-refractivity contribution >= 4 is 5.91 Å². The Morgan fingerprint density at radius 1 is 1.35 bits per heavy atom. The highest BCUT2D eigenvalue weighted by molar-refractivity contribution is 5.82. The molecule has 2 fully saturated rings. The minimum absolute atomic E-state index is 0.00662. The van der Waals surface area contributed by atoms with Crippen LogP contribution in [0.2, 0.25) is 0 Å². The zero-order chi connectivity index (χ0) is 14.6. The fourth-order valence-electron chi connectivity index (χ4n) is 2.92. The average molecular weight is 285 g/mol. The number of hydrogen-bond acceptors (Lipinski definition) is 5. The number of ether oxygens (including phenoxy) is 2. The van der Waals surface area contributed by atoms with Gasteiger partial charge in [0.25, 0.3) is 0 Å². The summed E-state index contributed by atoms with van der Waals surface area (Å²) < 4.78 is 11.0. The van der Waals surface area contributed by atoms with Crippen LogP contribution in [0.25, 0.3) is 0 Å². The Morgan fingerprint density at radius 2 is 2.05 bits per heavy atom. The number of hydrogen-bond donors (Lipinski definition) is 2. The van der Waals surface area contributed by atoms with E-state index in [2.05, 4.69) is 29.6 Å². The topological polar surface area (TPSA) is 62.8 Å². The molecular formula is C14H27N3O3. The van der Waals surface area contributed by atoms with Gasteiger partial charge in [0, 0.05) is 31.8 Å². The van der Waals surface area contributed by atoms with Gasteiger partial charge in [0.2, 0.25) is 5.91 Å². The average Bonchev–Trinajstić information content (AvgIpc) is 2.46. The summed E-state index contributed by atoms with van der Waals surface area (Å²) in [5, 5.41) is 6.32. The van der Waals surface area contributed by atoms with Gasteiger partial charge in [-0.3, -0.25) is 4.79 Å². The van der Waals surface area contributed by atoms with Gasteiger partial charge >= 0.3 is 0 Å². The molecule has 0 radical (unpaired) electrons. The highest BCUT2D eigenvalue weighted by Crippen LogP contribution is 2.25. The van der Waals surface area contributed by atoms with Gasteiger partial charge in [-0.05, 0) is 33.9 Å². The van der Waals surface area contributed by atoms with Gasteiger partial charge in [0.05, 0.1) is 12.7 Å². The number of carbonyl (C=O) groups is 1. The molecule has 0 saturated carbocycles. The first-order chi connectivity index (χ1) is 9.55. The van der Waals surface area contributed by atoms with Crippen molar-refractivity contribution in [3.05, 3.63) is 0 Å². The molecule has 2 heterocycles. The normalized spacial score (nSPS) is 30.2. The number of likely N-dealkylation sites (N-methyl/N-ethyl adjacent to an activating group) is 1. The molecule has 0 spiro atoms. The smallest absolute Gasteiger partial charge is 0.239 e. The van der Waals surface area contributed by atoms with Crippen LogP contribution in [0.3, 0.4) is 0 Å². The zero-order valence-corrected chi connectivity index (χ0v) is 12.8. The number of amides is 1. The van der Waals surface area contributed by atoms with Crippen LogP contribution in [0, 0.1) is 0 Å². The van der Waals surface area contributed by atoms with Crippen LogP contribution in [0.15, 0.2) is 0 Å². The summed E-state index contributed by atoms with van der Waals surface area (Å²) in [5.41, 5.74) is 0.00662. The van der Waals surface area contributed by atoms with Gasteiger partial charge < -0.3 is 25.0 Å². The van der Waals surface area contributed by atoms with Crippen molar-refractivity contribution in [2.45, 2.75) is 37.5 Å². The molecule has 0 unspecified atom stereocenters. The molecular weight excluding hydrogens is 258 g/mol. The van der Waals surface area contributed by atoms with Crippen LogP contribution in [0.5, 0.6) is 0 Å². The van der Waals surface area contributed by atoms with Crippen molar-refractivity contribution < 1.29 is 14.3 Å². The van der Waals surface area contributed by atoms with Crippen LogP contribution in [0.4, 0.5) is 0 Å². The van der Waals surface area contributed by atoms with Crippen LogP contribution < -0.4 is 10.6 Å². The summed E-state index contributed by atoms with van der Waals surface area (Å²) in [6, 6.07) is -0.247. The zero-order valence-electron chi connectivity index (χ0n) is 12.8. The number of nitrogens with one attached hydrogen (secondary N) is 2. The molecule has 2 N–H and O–H groups in total. The van der Waals surface area contributed by atoms with Gasteiger partial charge in [-0.2, -0.15) is 0 Å². The number of rotatable bonds is 4. The monoisotopic (exact) mass is 285 g/mol. The second kappa shape index (κ2) is 6.85. The van der Waals surface area contributed by atoms with Gasteiger partial charge in [-0.1, -0.05) is 0 Å². The van der Waals surface area contributed by atoms with Gasteiger partial charge in [-0.25, -0.2) is 0 Å². The molecule has 0 bridgehead atoms. The van der Waals surface area contributed by atoms with E-state index in [0.29, 0.717) is 13.2 Å². The molecule has 2 aliphatic heterocycles. The van der Waals surface area contributed by atoms with E-state index in [1.54, 1.807) is 0 Å². The lowest BCUT2D eigenvalue weighted by Crippen LogP contribution is -2.60. The molecule has 0 aromatic carbocycles. The van der Waals surface area contributed by atoms with Crippen LogP contribution in [0.1, 0.15) is 19.8 Å². The largest absolute Gasteiger partial charge is 0.381 e. The third kappa shape index (κ3) is 3.49. The number of nitrogens with zero attached hydrogens (tertiary/aromatic N) is 1. The summed E-state index contributed by atoms with van der Waals surface area (Å²) in [5.74, 6) is 0.0323. The van der Waals surface area contributed by atoms with Gasteiger partial charge in [0.15, 0.2) is 0 Å². The quantitative estimate of drug-likeness (QED) is 0.735. The minimum atomic E-state index is -0.247. The van der Waals surface area contributed by atoms with E-state index in [1.807, 2.05) is 6.92 Å². The predicted molar refractivity (Wildman–Crippen MR) is 76.7 cm³/mol. The molecule has 0 aliphatic carbocycles. The number of morpholine rings is 1. The standard InChI is InChI=1S/C14H27N3O3/c1-11-12(15-6-9-20-11)13(18)16-10-14(17(2)3)4-7-19-8-5-14/h11-12,15H,4-10H2,1-3H3,(H,16,18)/t11-,12+/m1/s1. The Bertz CT molecular complexity index is 330. The molecule has 0 aromatic heterocycles. The molecule has 0 aromatic rings. The Hall–Kier alpha value is -0.690. The Morgan fingerprint density at radius 3 is 2.65 bits per heavy atom. The molecule has 20 heavy (non-hydrogen) atoms. The molecule has 1 amide bonds. The molecule has 2 rings (SSSR count). The van der Waals surface area contributed by atoms with Gasteiger partial charge in [-0.15, -0.1) is 0 Å². The van der Waals surface area contributed by atoms with Crippen LogP contribution >= 0.6 is 0 Å². The summed E-state index contributed by atoms with van der Waals surface area (Å²) in [6.45, 7) is 5.52. The van der Waals surface area contributed by atoms with E-state index in [-0.39, 0.29) is 23.6 Å². The highest BCUT2D eigenvalue weighted by atomic mass is 16.5. The van der Waals surface area contributed by atoms with Crippen molar-refractivity contribution in [2.75, 3.05) is 47.0 Å². The fourth-order valence-corrected chi connectivity index (χ4v) is 2.92. The van der Waals surface area contributed by atoms with E-state index in [0.717, 1.165) is 32.6 Å². The molecule has 2 saturated heterocycles. The van der Waals surface area contributed by atoms with E-state index in [9.17, 15) is 4.79 Å². The van der Waals surface area contributed by atoms with Crippen molar-refractivity contribution in [3.8, 4) is 0 Å². The second-order valence-electron chi connectivity index (χ2n) is 5.96. The molecule has 6 nitrogen and oxygen atoms in total. The van der Waals surface area contributed by atoms with Crippen molar-refractivity contribution in [1.82, 2.24) is 15.5 Å². The van der Waals surface area contributed by atoms with Crippen LogP contribution in [-0.4, -0.2) is 75.5 Å². The predicted octanol–water partition coefficient (Wildman–Crippen LogP) is -0.410. The maximum atomic E-state index is 12.3.